The molecule has 1 N–H and O–H groups in total. The van der Waals surface area contributed by atoms with Crippen LogP contribution in [0.5, 0.6) is 5.75 Å². The number of hydrogen-bond acceptors (Lipinski definition) is 6. The standard InChI is InChI=1S/C26H29N5O3/c1-18-7-8-21(15-19(18)2)24-9-10-25(29-28-24)30-11-13-31(14-12-30)26(33)17-34-23-6-4-5-22(16-23)27-20(3)32/h4-10,15-16H,11-14,17H2,1-3H3,(H,27,32). The number of aromatic nitrogens is 2. The Hall–Kier alpha value is -3.94. The van der Waals surface area contributed by atoms with Gasteiger partial charge in [-0.2, -0.15) is 0 Å². The Bertz CT molecular complexity index is 1170. The summed E-state index contributed by atoms with van der Waals surface area (Å²) >= 11 is 0. The molecule has 0 spiro atoms. The number of benzene rings is 2. The van der Waals surface area contributed by atoms with Crippen LogP contribution in [0.25, 0.3) is 11.3 Å². The lowest BCUT2D eigenvalue weighted by Gasteiger charge is -2.35. The molecule has 1 fully saturated rings. The van der Waals surface area contributed by atoms with Gasteiger partial charge >= 0.3 is 0 Å². The minimum Gasteiger partial charge on any atom is -0.484 e. The lowest BCUT2D eigenvalue weighted by molar-refractivity contribution is -0.133. The number of nitrogens with one attached hydrogen (secondary N) is 1. The lowest BCUT2D eigenvalue weighted by Crippen LogP contribution is -2.50. The molecule has 34 heavy (non-hydrogen) atoms. The number of anilines is 2. The average Bonchev–Trinajstić information content (AvgIpc) is 2.84. The monoisotopic (exact) mass is 459 g/mol. The highest BCUT2D eigenvalue weighted by Gasteiger charge is 2.22. The first-order valence-corrected chi connectivity index (χ1v) is 11.3. The van der Waals surface area contributed by atoms with E-state index < -0.39 is 0 Å². The van der Waals surface area contributed by atoms with Crippen LogP contribution in [0.2, 0.25) is 0 Å². The van der Waals surface area contributed by atoms with E-state index in [4.69, 9.17) is 4.74 Å². The number of carbonyl (C=O) groups excluding carboxylic acids is 2. The molecule has 176 valence electrons. The first-order chi connectivity index (χ1) is 16.4. The van der Waals surface area contributed by atoms with E-state index in [1.807, 2.05) is 12.1 Å². The fourth-order valence-electron chi connectivity index (χ4n) is 3.84. The molecule has 0 bridgehead atoms. The summed E-state index contributed by atoms with van der Waals surface area (Å²) in [6.45, 7) is 8.13. The smallest absolute Gasteiger partial charge is 0.260 e. The van der Waals surface area contributed by atoms with Crippen molar-refractivity contribution in [2.45, 2.75) is 20.8 Å². The zero-order chi connectivity index (χ0) is 24.1. The Balaban J connectivity index is 1.28. The third-order valence-corrected chi connectivity index (χ3v) is 5.93. The second-order valence-corrected chi connectivity index (χ2v) is 8.44. The van der Waals surface area contributed by atoms with Gasteiger partial charge in [-0.25, -0.2) is 0 Å². The highest BCUT2D eigenvalue weighted by molar-refractivity contribution is 5.88. The van der Waals surface area contributed by atoms with Crippen molar-refractivity contribution in [2.75, 3.05) is 43.0 Å². The van der Waals surface area contributed by atoms with Gasteiger partial charge in [-0.15, -0.1) is 10.2 Å². The van der Waals surface area contributed by atoms with Gasteiger partial charge in [0.05, 0.1) is 5.69 Å². The molecular formula is C26H29N5O3. The van der Waals surface area contributed by atoms with E-state index in [9.17, 15) is 9.59 Å². The van der Waals surface area contributed by atoms with E-state index in [2.05, 4.69) is 52.5 Å². The van der Waals surface area contributed by atoms with Crippen LogP contribution in [-0.2, 0) is 9.59 Å². The molecule has 1 aromatic heterocycles. The van der Waals surface area contributed by atoms with E-state index in [0.717, 1.165) is 17.1 Å². The van der Waals surface area contributed by atoms with E-state index in [0.29, 0.717) is 37.6 Å². The third kappa shape index (κ3) is 5.70. The second-order valence-electron chi connectivity index (χ2n) is 8.44. The van der Waals surface area contributed by atoms with Crippen LogP contribution >= 0.6 is 0 Å². The molecule has 0 saturated carbocycles. The van der Waals surface area contributed by atoms with E-state index >= 15 is 0 Å². The van der Waals surface area contributed by atoms with Crippen LogP contribution in [0.1, 0.15) is 18.1 Å². The number of carbonyl (C=O) groups is 2. The van der Waals surface area contributed by atoms with E-state index in [1.165, 1.54) is 18.1 Å². The number of piperazine rings is 1. The molecular weight excluding hydrogens is 430 g/mol. The van der Waals surface area contributed by atoms with Crippen LogP contribution in [0.3, 0.4) is 0 Å². The Labute approximate surface area is 199 Å². The van der Waals surface area contributed by atoms with Crippen molar-refractivity contribution >= 4 is 23.3 Å². The van der Waals surface area contributed by atoms with Crippen LogP contribution in [-0.4, -0.2) is 59.7 Å². The van der Waals surface area contributed by atoms with Crippen molar-refractivity contribution < 1.29 is 14.3 Å². The topological polar surface area (TPSA) is 87.7 Å². The van der Waals surface area contributed by atoms with Gasteiger partial charge in [-0.05, 0) is 55.3 Å². The minimum absolute atomic E-state index is 0.0476. The van der Waals surface area contributed by atoms with Crippen LogP contribution in [0, 0.1) is 13.8 Å². The maximum absolute atomic E-state index is 12.6. The Morgan fingerprint density at radius 2 is 1.74 bits per heavy atom. The summed E-state index contributed by atoms with van der Waals surface area (Å²) in [5, 5.41) is 11.5. The summed E-state index contributed by atoms with van der Waals surface area (Å²) in [7, 11) is 0. The second kappa shape index (κ2) is 10.3. The molecule has 0 aliphatic carbocycles. The molecule has 0 unspecified atom stereocenters. The lowest BCUT2D eigenvalue weighted by atomic mass is 10.0. The van der Waals surface area contributed by atoms with Crippen molar-refractivity contribution in [1.82, 2.24) is 15.1 Å². The maximum atomic E-state index is 12.6. The van der Waals surface area contributed by atoms with Gasteiger partial charge in [0.15, 0.2) is 12.4 Å². The Morgan fingerprint density at radius 1 is 0.941 bits per heavy atom. The molecule has 3 aromatic rings. The van der Waals surface area contributed by atoms with Gasteiger partial charge in [-0.3, -0.25) is 9.59 Å². The molecule has 1 aliphatic heterocycles. The van der Waals surface area contributed by atoms with Gasteiger partial charge in [0, 0.05) is 50.4 Å². The van der Waals surface area contributed by atoms with Crippen molar-refractivity contribution in [2.24, 2.45) is 0 Å². The number of aryl methyl sites for hydroxylation is 2. The first kappa shape index (κ1) is 23.2. The number of amides is 2. The largest absolute Gasteiger partial charge is 0.484 e. The van der Waals surface area contributed by atoms with Crippen LogP contribution in [0.4, 0.5) is 11.5 Å². The summed E-state index contributed by atoms with van der Waals surface area (Å²) in [5.74, 6) is 1.12. The summed E-state index contributed by atoms with van der Waals surface area (Å²) in [6, 6.07) is 17.3. The Kier molecular flexibility index (Phi) is 7.06. The van der Waals surface area contributed by atoms with Gasteiger partial charge in [0.25, 0.3) is 5.91 Å². The number of ether oxygens (including phenoxy) is 1. The first-order valence-electron chi connectivity index (χ1n) is 11.3. The molecule has 4 rings (SSSR count). The molecule has 1 aliphatic rings. The number of hydrogen-bond donors (Lipinski definition) is 1. The Morgan fingerprint density at radius 3 is 2.41 bits per heavy atom. The third-order valence-electron chi connectivity index (χ3n) is 5.93. The zero-order valence-electron chi connectivity index (χ0n) is 19.7. The van der Waals surface area contributed by atoms with Gasteiger partial charge in [0.1, 0.15) is 5.75 Å². The predicted molar refractivity (Wildman–Crippen MR) is 132 cm³/mol. The molecule has 8 heteroatoms. The summed E-state index contributed by atoms with van der Waals surface area (Å²) in [5.41, 5.74) is 5.02. The van der Waals surface area contributed by atoms with Gasteiger partial charge in [-0.1, -0.05) is 18.2 Å². The molecule has 1 saturated heterocycles. The quantitative estimate of drug-likeness (QED) is 0.608. The summed E-state index contributed by atoms with van der Waals surface area (Å²) < 4.78 is 5.65. The van der Waals surface area contributed by atoms with Gasteiger partial charge < -0.3 is 19.9 Å². The summed E-state index contributed by atoms with van der Waals surface area (Å²) in [6.07, 6.45) is 0. The van der Waals surface area contributed by atoms with Gasteiger partial charge in [0.2, 0.25) is 5.91 Å². The molecule has 0 radical (unpaired) electrons. The van der Waals surface area contributed by atoms with Crippen LogP contribution < -0.4 is 15.0 Å². The average molecular weight is 460 g/mol. The molecule has 2 heterocycles. The highest BCUT2D eigenvalue weighted by Crippen LogP contribution is 2.22. The fraction of sp³-hybridized carbons (Fsp3) is 0.308. The van der Waals surface area contributed by atoms with E-state index in [1.54, 1.807) is 29.2 Å². The minimum atomic E-state index is -0.157. The molecule has 2 amide bonds. The maximum Gasteiger partial charge on any atom is 0.260 e. The SMILES string of the molecule is CC(=O)Nc1cccc(OCC(=O)N2CCN(c3ccc(-c4ccc(C)c(C)c4)nn3)CC2)c1. The summed E-state index contributed by atoms with van der Waals surface area (Å²) in [4.78, 5) is 27.8. The van der Waals surface area contributed by atoms with E-state index in [-0.39, 0.29) is 18.4 Å². The normalized spacial score (nSPS) is 13.5. The van der Waals surface area contributed by atoms with Crippen LogP contribution in [0.15, 0.2) is 54.6 Å². The van der Waals surface area contributed by atoms with Crippen molar-refractivity contribution in [3.63, 3.8) is 0 Å². The van der Waals surface area contributed by atoms with Crippen molar-refractivity contribution in [3.8, 4) is 17.0 Å². The highest BCUT2D eigenvalue weighted by atomic mass is 16.5. The predicted octanol–water partition coefficient (Wildman–Crippen LogP) is 3.45. The number of nitrogens with zero attached hydrogens (tertiary/aromatic N) is 4. The molecule has 0 atom stereocenters. The van der Waals surface area contributed by atoms with Crippen molar-refractivity contribution in [3.05, 3.63) is 65.7 Å². The molecule has 2 aromatic carbocycles. The van der Waals surface area contributed by atoms with Crippen molar-refractivity contribution in [1.29, 1.82) is 0 Å². The zero-order valence-corrected chi connectivity index (χ0v) is 19.7. The fourth-order valence-corrected chi connectivity index (χ4v) is 3.84. The molecule has 8 nitrogen and oxygen atoms in total. The number of rotatable bonds is 6.